The Balaban J connectivity index is 1.65. The van der Waals surface area contributed by atoms with Crippen LogP contribution >= 0.6 is 0 Å². The fourth-order valence-electron chi connectivity index (χ4n) is 3.03. The molecule has 136 valence electrons. The third-order valence-corrected chi connectivity index (χ3v) is 4.56. The number of amides is 2. The topological polar surface area (TPSA) is 86.7 Å². The highest BCUT2D eigenvalue weighted by atomic mass is 16.4. The van der Waals surface area contributed by atoms with Crippen molar-refractivity contribution >= 4 is 17.8 Å². The summed E-state index contributed by atoms with van der Waals surface area (Å²) in [5.74, 6) is -0.750. The quantitative estimate of drug-likeness (QED) is 0.707. The van der Waals surface area contributed by atoms with Crippen LogP contribution in [0.2, 0.25) is 0 Å². The monoisotopic (exact) mass is 346 g/mol. The molecule has 0 bridgehead atoms. The maximum absolute atomic E-state index is 12.3. The van der Waals surface area contributed by atoms with E-state index < -0.39 is 5.97 Å². The summed E-state index contributed by atoms with van der Waals surface area (Å²) in [5.41, 5.74) is 1.07. The zero-order chi connectivity index (χ0) is 18.1. The van der Waals surface area contributed by atoms with Gasteiger partial charge in [-0.3, -0.25) is 14.4 Å². The van der Waals surface area contributed by atoms with Crippen molar-refractivity contribution in [2.75, 3.05) is 13.1 Å². The van der Waals surface area contributed by atoms with Crippen LogP contribution in [0.4, 0.5) is 0 Å². The number of piperidine rings is 1. The van der Waals surface area contributed by atoms with E-state index in [4.69, 9.17) is 5.11 Å². The Bertz CT molecular complexity index is 580. The Morgan fingerprint density at radius 1 is 1.04 bits per heavy atom. The molecule has 1 aromatic carbocycles. The number of carbonyl (C=O) groups excluding carboxylic acids is 2. The first-order chi connectivity index (χ1) is 12.1. The van der Waals surface area contributed by atoms with Crippen molar-refractivity contribution in [3.63, 3.8) is 0 Å². The third-order valence-electron chi connectivity index (χ3n) is 4.56. The minimum Gasteiger partial charge on any atom is -0.481 e. The molecule has 0 saturated carbocycles. The summed E-state index contributed by atoms with van der Waals surface area (Å²) >= 11 is 0. The number of nitrogens with zero attached hydrogens (tertiary/aromatic N) is 1. The first-order valence-corrected chi connectivity index (χ1v) is 8.87. The predicted molar refractivity (Wildman–Crippen MR) is 93.7 cm³/mol. The standard InChI is InChI=1S/C19H26N2O4/c22-17(8-4-5-9-18(23)24)21-12-10-16(11-13-21)19(25)20-14-15-6-2-1-3-7-15/h1-3,6-7,16H,4-5,8-14H2,(H,20,25)(H,23,24). The second-order valence-corrected chi connectivity index (χ2v) is 6.46. The number of hydrogen-bond donors (Lipinski definition) is 2. The van der Waals surface area contributed by atoms with Crippen LogP contribution < -0.4 is 5.32 Å². The molecule has 0 aliphatic carbocycles. The van der Waals surface area contributed by atoms with E-state index in [2.05, 4.69) is 5.32 Å². The van der Waals surface area contributed by atoms with Crippen molar-refractivity contribution in [3.05, 3.63) is 35.9 Å². The predicted octanol–water partition coefficient (Wildman–Crippen LogP) is 2.19. The molecule has 0 radical (unpaired) electrons. The Morgan fingerprint density at radius 3 is 2.32 bits per heavy atom. The number of unbranched alkanes of at least 4 members (excludes halogenated alkanes) is 1. The van der Waals surface area contributed by atoms with Crippen molar-refractivity contribution in [2.24, 2.45) is 5.92 Å². The maximum atomic E-state index is 12.3. The van der Waals surface area contributed by atoms with E-state index in [9.17, 15) is 14.4 Å². The van der Waals surface area contributed by atoms with Gasteiger partial charge >= 0.3 is 5.97 Å². The van der Waals surface area contributed by atoms with Gasteiger partial charge in [-0.15, -0.1) is 0 Å². The van der Waals surface area contributed by atoms with Gasteiger partial charge < -0.3 is 15.3 Å². The summed E-state index contributed by atoms with van der Waals surface area (Å²) in [6.07, 6.45) is 2.99. The largest absolute Gasteiger partial charge is 0.481 e. The highest BCUT2D eigenvalue weighted by Crippen LogP contribution is 2.19. The number of aliphatic carboxylic acids is 1. The van der Waals surface area contributed by atoms with E-state index in [0.717, 1.165) is 5.56 Å². The molecule has 0 spiro atoms. The number of carboxylic acids is 1. The Hall–Kier alpha value is -2.37. The van der Waals surface area contributed by atoms with Crippen molar-refractivity contribution in [2.45, 2.75) is 45.1 Å². The second kappa shape index (κ2) is 9.81. The van der Waals surface area contributed by atoms with E-state index in [1.165, 1.54) is 0 Å². The number of likely N-dealkylation sites (tertiary alicyclic amines) is 1. The third kappa shape index (κ3) is 6.57. The molecule has 0 aromatic heterocycles. The van der Waals surface area contributed by atoms with Gasteiger partial charge in [0, 0.05) is 38.4 Å². The number of carbonyl (C=O) groups is 3. The summed E-state index contributed by atoms with van der Waals surface area (Å²) in [6, 6.07) is 9.79. The van der Waals surface area contributed by atoms with Crippen LogP contribution in [0.25, 0.3) is 0 Å². The summed E-state index contributed by atoms with van der Waals surface area (Å²) in [5, 5.41) is 11.6. The lowest BCUT2D eigenvalue weighted by Gasteiger charge is -2.31. The molecular weight excluding hydrogens is 320 g/mol. The fourth-order valence-corrected chi connectivity index (χ4v) is 3.03. The van der Waals surface area contributed by atoms with E-state index >= 15 is 0 Å². The molecule has 2 N–H and O–H groups in total. The number of rotatable bonds is 8. The van der Waals surface area contributed by atoms with Gasteiger partial charge in [-0.2, -0.15) is 0 Å². The molecule has 1 aliphatic heterocycles. The van der Waals surface area contributed by atoms with E-state index in [-0.39, 0.29) is 24.2 Å². The molecule has 0 unspecified atom stereocenters. The zero-order valence-electron chi connectivity index (χ0n) is 14.4. The minimum atomic E-state index is -0.824. The van der Waals surface area contributed by atoms with E-state index in [1.54, 1.807) is 4.90 Å². The maximum Gasteiger partial charge on any atom is 0.303 e. The van der Waals surface area contributed by atoms with Crippen molar-refractivity contribution in [3.8, 4) is 0 Å². The van der Waals surface area contributed by atoms with Gasteiger partial charge in [-0.1, -0.05) is 30.3 Å². The highest BCUT2D eigenvalue weighted by Gasteiger charge is 2.26. The molecule has 0 atom stereocenters. The summed E-state index contributed by atoms with van der Waals surface area (Å²) in [4.78, 5) is 36.6. The Kier molecular flexibility index (Phi) is 7.44. The van der Waals surface area contributed by atoms with Crippen LogP contribution in [0.5, 0.6) is 0 Å². The number of hydrogen-bond acceptors (Lipinski definition) is 3. The highest BCUT2D eigenvalue weighted by molar-refractivity contribution is 5.80. The van der Waals surface area contributed by atoms with Crippen LogP contribution in [0.1, 0.15) is 44.1 Å². The molecule has 1 fully saturated rings. The van der Waals surface area contributed by atoms with Crippen molar-refractivity contribution < 1.29 is 19.5 Å². The first-order valence-electron chi connectivity index (χ1n) is 8.87. The van der Waals surface area contributed by atoms with Gasteiger partial charge in [0.15, 0.2) is 0 Å². The summed E-state index contributed by atoms with van der Waals surface area (Å²) in [7, 11) is 0. The molecule has 6 nitrogen and oxygen atoms in total. The van der Waals surface area contributed by atoms with Crippen LogP contribution in [-0.4, -0.2) is 40.9 Å². The van der Waals surface area contributed by atoms with E-state index in [1.807, 2.05) is 30.3 Å². The number of nitrogens with one attached hydrogen (secondary N) is 1. The van der Waals surface area contributed by atoms with Crippen LogP contribution in [0.3, 0.4) is 0 Å². The fraction of sp³-hybridized carbons (Fsp3) is 0.526. The van der Waals surface area contributed by atoms with Crippen LogP contribution in [-0.2, 0) is 20.9 Å². The average molecular weight is 346 g/mol. The van der Waals surface area contributed by atoms with Crippen molar-refractivity contribution in [1.82, 2.24) is 10.2 Å². The normalized spacial score (nSPS) is 15.0. The Morgan fingerprint density at radius 2 is 1.68 bits per heavy atom. The van der Waals surface area contributed by atoms with Gasteiger partial charge in [0.25, 0.3) is 0 Å². The molecule has 1 aliphatic rings. The van der Waals surface area contributed by atoms with Gasteiger partial charge in [0.05, 0.1) is 0 Å². The molecule has 2 amide bonds. The Labute approximate surface area is 148 Å². The summed E-state index contributed by atoms with van der Waals surface area (Å²) in [6.45, 7) is 1.73. The minimum absolute atomic E-state index is 0.0419. The first kappa shape index (κ1) is 19.0. The van der Waals surface area contributed by atoms with E-state index in [0.29, 0.717) is 51.7 Å². The van der Waals surface area contributed by atoms with Gasteiger partial charge in [0.1, 0.15) is 0 Å². The van der Waals surface area contributed by atoms with Gasteiger partial charge in [-0.05, 0) is 31.2 Å². The number of carboxylic acid groups (broad SMARTS) is 1. The van der Waals surface area contributed by atoms with Crippen LogP contribution in [0, 0.1) is 5.92 Å². The molecule has 6 heteroatoms. The van der Waals surface area contributed by atoms with Gasteiger partial charge in [0.2, 0.25) is 11.8 Å². The molecular formula is C19H26N2O4. The molecule has 1 aromatic rings. The van der Waals surface area contributed by atoms with Crippen LogP contribution in [0.15, 0.2) is 30.3 Å². The molecule has 1 saturated heterocycles. The zero-order valence-corrected chi connectivity index (χ0v) is 14.4. The molecule has 2 rings (SSSR count). The second-order valence-electron chi connectivity index (χ2n) is 6.46. The lowest BCUT2D eigenvalue weighted by molar-refractivity contribution is -0.138. The molecule has 1 heterocycles. The number of benzene rings is 1. The molecule has 25 heavy (non-hydrogen) atoms. The van der Waals surface area contributed by atoms with Crippen molar-refractivity contribution in [1.29, 1.82) is 0 Å². The lowest BCUT2D eigenvalue weighted by Crippen LogP contribution is -2.42. The summed E-state index contributed by atoms with van der Waals surface area (Å²) < 4.78 is 0. The smallest absolute Gasteiger partial charge is 0.303 e. The average Bonchev–Trinajstić information content (AvgIpc) is 2.64. The lowest BCUT2D eigenvalue weighted by atomic mass is 9.95. The van der Waals surface area contributed by atoms with Gasteiger partial charge in [-0.25, -0.2) is 0 Å². The SMILES string of the molecule is O=C(O)CCCCC(=O)N1CCC(C(=O)NCc2ccccc2)CC1.